The molecule has 21 heavy (non-hydrogen) atoms. The van der Waals surface area contributed by atoms with Gasteiger partial charge < -0.3 is 0 Å². The molecule has 1 amide bonds. The predicted octanol–water partition coefficient (Wildman–Crippen LogP) is 3.36. The first-order valence-corrected chi connectivity index (χ1v) is 8.14. The van der Waals surface area contributed by atoms with Gasteiger partial charge in [-0.3, -0.25) is 14.5 Å². The zero-order chi connectivity index (χ0) is 15.3. The van der Waals surface area contributed by atoms with Crippen molar-refractivity contribution in [3.63, 3.8) is 0 Å². The number of carbonyl (C=O) groups excluding carboxylic acids is 2. The number of hydrogen-bond acceptors (Lipinski definition) is 4. The molecule has 0 bridgehead atoms. The third kappa shape index (κ3) is 2.24. The van der Waals surface area contributed by atoms with Crippen LogP contribution < -0.4 is 0 Å². The van der Waals surface area contributed by atoms with E-state index in [0.29, 0.717) is 32.8 Å². The number of carbonyl (C=O) groups is 2. The van der Waals surface area contributed by atoms with E-state index in [2.05, 4.69) is 0 Å². The van der Waals surface area contributed by atoms with Crippen molar-refractivity contribution in [2.24, 2.45) is 0 Å². The number of fused-ring (bicyclic) bond motifs is 1. The third-order valence-corrected chi connectivity index (χ3v) is 5.38. The Balaban J connectivity index is 2.22. The smallest absolute Gasteiger partial charge is 0.266 e. The largest absolute Gasteiger partial charge is 0.294 e. The summed E-state index contributed by atoms with van der Waals surface area (Å²) in [5, 5.41) is 0.574. The number of likely N-dealkylation sites (N-methyl/N-ethyl adjacent to an activating group) is 1. The zero-order valence-corrected chi connectivity index (χ0v) is 13.9. The molecule has 1 aromatic rings. The molecule has 3 nitrogen and oxygen atoms in total. The van der Waals surface area contributed by atoms with Crippen molar-refractivity contribution in [2.45, 2.75) is 20.3 Å². The molecule has 3 rings (SSSR count). The number of aryl methyl sites for hydroxylation is 1. The molecule has 0 atom stereocenters. The number of halogens is 1. The Morgan fingerprint density at radius 2 is 2.10 bits per heavy atom. The van der Waals surface area contributed by atoms with Crippen LogP contribution in [0.15, 0.2) is 17.0 Å². The minimum absolute atomic E-state index is 0.0352. The van der Waals surface area contributed by atoms with Crippen LogP contribution in [0, 0.1) is 6.92 Å². The zero-order valence-electron chi connectivity index (χ0n) is 11.5. The van der Waals surface area contributed by atoms with E-state index in [-0.39, 0.29) is 11.7 Å². The second-order valence-electron chi connectivity index (χ2n) is 4.97. The number of amides is 1. The number of nitrogens with zero attached hydrogens (tertiary/aromatic N) is 1. The number of thioether (sulfide) groups is 1. The lowest BCUT2D eigenvalue weighted by Gasteiger charge is -2.10. The number of ketones is 1. The molecule has 6 heteroatoms. The minimum Gasteiger partial charge on any atom is -0.294 e. The van der Waals surface area contributed by atoms with Crippen molar-refractivity contribution in [3.05, 3.63) is 38.8 Å². The van der Waals surface area contributed by atoms with E-state index in [4.69, 9.17) is 23.8 Å². The summed E-state index contributed by atoms with van der Waals surface area (Å²) in [5.74, 6) is -0.215. The van der Waals surface area contributed by atoms with Crippen LogP contribution in [-0.4, -0.2) is 27.5 Å². The summed E-state index contributed by atoms with van der Waals surface area (Å²) in [6.07, 6.45) is 0.323. The first-order chi connectivity index (χ1) is 9.93. The summed E-state index contributed by atoms with van der Waals surface area (Å²) in [6, 6.07) is 3.61. The van der Waals surface area contributed by atoms with Crippen LogP contribution in [0.1, 0.15) is 23.6 Å². The molecule has 1 fully saturated rings. The number of rotatable bonds is 1. The van der Waals surface area contributed by atoms with Crippen molar-refractivity contribution >= 4 is 57.2 Å². The van der Waals surface area contributed by atoms with Crippen molar-refractivity contribution < 1.29 is 9.59 Å². The second-order valence-corrected chi connectivity index (χ2v) is 7.05. The maximum absolute atomic E-state index is 12.4. The van der Waals surface area contributed by atoms with Crippen molar-refractivity contribution in [1.82, 2.24) is 4.90 Å². The van der Waals surface area contributed by atoms with E-state index in [1.165, 1.54) is 16.7 Å². The van der Waals surface area contributed by atoms with Crippen molar-refractivity contribution in [2.75, 3.05) is 6.54 Å². The summed E-state index contributed by atoms with van der Waals surface area (Å²) in [6.45, 7) is 4.30. The summed E-state index contributed by atoms with van der Waals surface area (Å²) in [5.41, 5.74) is 3.19. The normalized spacial score (nSPS) is 21.5. The van der Waals surface area contributed by atoms with Gasteiger partial charge in [-0.2, -0.15) is 0 Å². The first-order valence-electron chi connectivity index (χ1n) is 6.54. The van der Waals surface area contributed by atoms with E-state index in [9.17, 15) is 9.59 Å². The van der Waals surface area contributed by atoms with E-state index in [1.54, 1.807) is 6.07 Å². The summed E-state index contributed by atoms with van der Waals surface area (Å²) in [7, 11) is 0. The van der Waals surface area contributed by atoms with Gasteiger partial charge in [0.15, 0.2) is 5.78 Å². The van der Waals surface area contributed by atoms with E-state index < -0.39 is 0 Å². The van der Waals surface area contributed by atoms with Crippen LogP contribution in [0.3, 0.4) is 0 Å². The van der Waals surface area contributed by atoms with Crippen LogP contribution in [-0.2, 0) is 16.0 Å². The Morgan fingerprint density at radius 3 is 2.71 bits per heavy atom. The van der Waals surface area contributed by atoms with E-state index in [1.807, 2.05) is 19.9 Å². The van der Waals surface area contributed by atoms with Crippen molar-refractivity contribution in [1.29, 1.82) is 0 Å². The number of benzene rings is 1. The van der Waals surface area contributed by atoms with Gasteiger partial charge in [0.2, 0.25) is 0 Å². The van der Waals surface area contributed by atoms with Gasteiger partial charge in [0.1, 0.15) is 4.32 Å². The van der Waals surface area contributed by atoms with Gasteiger partial charge >= 0.3 is 0 Å². The van der Waals surface area contributed by atoms with Gasteiger partial charge in [-0.1, -0.05) is 35.6 Å². The SMILES string of the molecule is CCN1C(=O)/C(=C2/C(=O)Cc3c(C)cc(Cl)cc32)SC1=S. The number of hydrogen-bond donors (Lipinski definition) is 0. The maximum atomic E-state index is 12.4. The molecule has 0 N–H and O–H groups in total. The maximum Gasteiger partial charge on any atom is 0.266 e. The molecule has 1 aliphatic carbocycles. The monoisotopic (exact) mass is 337 g/mol. The molecule has 0 radical (unpaired) electrons. The van der Waals surface area contributed by atoms with Gasteiger partial charge in [-0.15, -0.1) is 0 Å². The standard InChI is InChI=1S/C15H12ClNO2S2/c1-3-17-14(19)13(21-15(17)20)12-10-5-8(16)4-7(2)9(10)6-11(12)18/h4-5H,3,6H2,1-2H3/b13-12-. The molecule has 1 saturated heterocycles. The van der Waals surface area contributed by atoms with Crippen molar-refractivity contribution in [3.8, 4) is 0 Å². The van der Waals surface area contributed by atoms with Gasteiger partial charge in [0, 0.05) is 23.6 Å². The summed E-state index contributed by atoms with van der Waals surface area (Å²) >= 11 is 12.5. The van der Waals surface area contributed by atoms with Crippen LogP contribution in [0.2, 0.25) is 5.02 Å². The van der Waals surface area contributed by atoms with Gasteiger partial charge in [-0.05, 0) is 42.7 Å². The second kappa shape index (κ2) is 5.23. The fourth-order valence-electron chi connectivity index (χ4n) is 2.70. The highest BCUT2D eigenvalue weighted by molar-refractivity contribution is 8.26. The number of Topliss-reactive ketones (excluding diaryl/α,β-unsaturated/α-hetero) is 1. The molecular weight excluding hydrogens is 326 g/mol. The molecule has 0 unspecified atom stereocenters. The highest BCUT2D eigenvalue weighted by Crippen LogP contribution is 2.42. The van der Waals surface area contributed by atoms with Gasteiger partial charge in [-0.25, -0.2) is 0 Å². The third-order valence-electron chi connectivity index (χ3n) is 3.72. The molecule has 0 spiro atoms. The predicted molar refractivity (Wildman–Crippen MR) is 89.4 cm³/mol. The lowest BCUT2D eigenvalue weighted by Crippen LogP contribution is -2.27. The molecule has 108 valence electrons. The fourth-order valence-corrected chi connectivity index (χ4v) is 4.46. The molecule has 0 saturated carbocycles. The Labute approximate surface area is 137 Å². The van der Waals surface area contributed by atoms with Crippen LogP contribution in [0.4, 0.5) is 0 Å². The average molecular weight is 338 g/mol. The van der Waals surface area contributed by atoms with E-state index >= 15 is 0 Å². The topological polar surface area (TPSA) is 37.4 Å². The molecule has 1 heterocycles. The molecule has 1 aromatic carbocycles. The summed E-state index contributed by atoms with van der Waals surface area (Å²) in [4.78, 5) is 26.8. The molecule has 0 aromatic heterocycles. The van der Waals surface area contributed by atoms with Crippen LogP contribution in [0.25, 0.3) is 5.57 Å². The average Bonchev–Trinajstić information content (AvgIpc) is 2.87. The van der Waals surface area contributed by atoms with Gasteiger partial charge in [0.25, 0.3) is 5.91 Å². The fraction of sp³-hybridized carbons (Fsp3) is 0.267. The Morgan fingerprint density at radius 1 is 1.38 bits per heavy atom. The molecular formula is C15H12ClNO2S2. The number of thiocarbonyl (C=S) groups is 1. The van der Waals surface area contributed by atoms with E-state index in [0.717, 1.165) is 16.7 Å². The lowest BCUT2D eigenvalue weighted by atomic mass is 10.0. The quantitative estimate of drug-likeness (QED) is 0.581. The molecule has 1 aliphatic heterocycles. The summed E-state index contributed by atoms with van der Waals surface area (Å²) < 4.78 is 0.505. The van der Waals surface area contributed by atoms with Crippen LogP contribution >= 0.6 is 35.6 Å². The Kier molecular flexibility index (Phi) is 3.67. The Hall–Kier alpha value is -1.17. The number of allylic oxidation sites excluding steroid dienone is 1. The minimum atomic E-state index is -0.179. The Bertz CT molecular complexity index is 739. The highest BCUT2D eigenvalue weighted by Gasteiger charge is 2.38. The highest BCUT2D eigenvalue weighted by atomic mass is 35.5. The lowest BCUT2D eigenvalue weighted by molar-refractivity contribution is -0.122. The van der Waals surface area contributed by atoms with Gasteiger partial charge in [0.05, 0.1) is 4.91 Å². The molecule has 2 aliphatic rings. The van der Waals surface area contributed by atoms with Crippen LogP contribution in [0.5, 0.6) is 0 Å². The first kappa shape index (κ1) is 14.8.